The van der Waals surface area contributed by atoms with Gasteiger partial charge in [0.25, 0.3) is 0 Å². The largest absolute Gasteiger partial charge is 0.491 e. The monoisotopic (exact) mass is 442 g/mol. The summed E-state index contributed by atoms with van der Waals surface area (Å²) in [5, 5.41) is 7.32. The van der Waals surface area contributed by atoms with Gasteiger partial charge in [-0.25, -0.2) is 14.6 Å². The van der Waals surface area contributed by atoms with E-state index < -0.39 is 0 Å². The predicted octanol–water partition coefficient (Wildman–Crippen LogP) is 3.64. The van der Waals surface area contributed by atoms with Gasteiger partial charge in [0.15, 0.2) is 5.82 Å². The van der Waals surface area contributed by atoms with Gasteiger partial charge in [0, 0.05) is 18.8 Å². The van der Waals surface area contributed by atoms with Crippen molar-refractivity contribution in [2.45, 2.75) is 39.4 Å². The molecule has 0 unspecified atom stereocenters. The van der Waals surface area contributed by atoms with E-state index in [0.717, 1.165) is 39.8 Å². The Hall–Kier alpha value is -3.94. The molecular weight excluding hydrogens is 416 g/mol. The first-order valence-electron chi connectivity index (χ1n) is 11.1. The Morgan fingerprint density at radius 3 is 2.79 bits per heavy atom. The molecule has 2 aromatic carbocycles. The van der Waals surface area contributed by atoms with E-state index in [1.165, 1.54) is 0 Å². The van der Waals surface area contributed by atoms with Gasteiger partial charge in [0.05, 0.1) is 18.5 Å². The Labute approximate surface area is 192 Å². The van der Waals surface area contributed by atoms with Crippen LogP contribution in [0, 0.1) is 0 Å². The van der Waals surface area contributed by atoms with E-state index in [4.69, 9.17) is 9.72 Å². The number of carbonyl (C=O) groups is 1. The number of aromatic nitrogens is 5. The molecule has 0 saturated carbocycles. The van der Waals surface area contributed by atoms with Crippen molar-refractivity contribution in [2.24, 2.45) is 0 Å². The molecule has 0 atom stereocenters. The van der Waals surface area contributed by atoms with Crippen LogP contribution in [0.1, 0.15) is 31.0 Å². The maximum atomic E-state index is 12.5. The fourth-order valence-electron chi connectivity index (χ4n) is 4.01. The van der Waals surface area contributed by atoms with Crippen molar-refractivity contribution in [1.29, 1.82) is 0 Å². The van der Waals surface area contributed by atoms with Crippen LogP contribution in [0.25, 0.3) is 22.9 Å². The van der Waals surface area contributed by atoms with Crippen LogP contribution in [-0.2, 0) is 24.3 Å². The maximum Gasteiger partial charge on any atom is 0.224 e. The van der Waals surface area contributed by atoms with Gasteiger partial charge < -0.3 is 14.6 Å². The van der Waals surface area contributed by atoms with E-state index in [1.807, 2.05) is 59.4 Å². The minimum atomic E-state index is -0.0255. The van der Waals surface area contributed by atoms with Crippen LogP contribution in [0.15, 0.2) is 61.1 Å². The fourth-order valence-corrected chi connectivity index (χ4v) is 4.01. The molecule has 5 rings (SSSR count). The smallest absolute Gasteiger partial charge is 0.224 e. The minimum absolute atomic E-state index is 0.0255. The zero-order valence-electron chi connectivity index (χ0n) is 18.7. The van der Waals surface area contributed by atoms with Gasteiger partial charge in [-0.05, 0) is 37.1 Å². The summed E-state index contributed by atoms with van der Waals surface area (Å²) < 4.78 is 9.90. The molecule has 2 aromatic heterocycles. The molecule has 168 valence electrons. The second kappa shape index (κ2) is 8.90. The summed E-state index contributed by atoms with van der Waals surface area (Å²) in [6, 6.07) is 15.9. The van der Waals surface area contributed by atoms with Gasteiger partial charge in [0.1, 0.15) is 30.2 Å². The van der Waals surface area contributed by atoms with E-state index in [-0.39, 0.29) is 18.4 Å². The molecule has 8 nitrogen and oxygen atoms in total. The Balaban J connectivity index is 1.40. The molecule has 1 aliphatic heterocycles. The van der Waals surface area contributed by atoms with Crippen molar-refractivity contribution in [1.82, 2.24) is 29.6 Å². The number of hydrogen-bond donors (Lipinski definition) is 1. The SMILES string of the molecule is CC(C)n1ncnc1-c1cn2c(n1)-c1cc(CC(=O)NCc3ccccc3)ccc1OCC2. The Bertz CT molecular complexity index is 1280. The van der Waals surface area contributed by atoms with E-state index in [9.17, 15) is 4.79 Å². The number of benzene rings is 2. The molecule has 0 bridgehead atoms. The van der Waals surface area contributed by atoms with Gasteiger partial charge in [-0.3, -0.25) is 4.79 Å². The van der Waals surface area contributed by atoms with Crippen LogP contribution >= 0.6 is 0 Å². The molecule has 1 N–H and O–H groups in total. The molecule has 1 aliphatic rings. The number of imidazole rings is 1. The van der Waals surface area contributed by atoms with Crippen molar-refractivity contribution < 1.29 is 9.53 Å². The molecule has 0 aliphatic carbocycles. The Kier molecular flexibility index (Phi) is 5.64. The first kappa shape index (κ1) is 20.9. The lowest BCUT2D eigenvalue weighted by Crippen LogP contribution is -2.24. The van der Waals surface area contributed by atoms with Gasteiger partial charge in [0.2, 0.25) is 5.91 Å². The third kappa shape index (κ3) is 4.37. The summed E-state index contributed by atoms with van der Waals surface area (Å²) in [7, 11) is 0. The molecule has 33 heavy (non-hydrogen) atoms. The van der Waals surface area contributed by atoms with E-state index in [0.29, 0.717) is 19.7 Å². The average molecular weight is 443 g/mol. The Morgan fingerprint density at radius 1 is 1.12 bits per heavy atom. The number of rotatable bonds is 6. The third-order valence-electron chi connectivity index (χ3n) is 5.64. The third-order valence-corrected chi connectivity index (χ3v) is 5.64. The van der Waals surface area contributed by atoms with Crippen LogP contribution in [0.3, 0.4) is 0 Å². The molecule has 1 amide bonds. The lowest BCUT2D eigenvalue weighted by atomic mass is 10.1. The zero-order chi connectivity index (χ0) is 22.8. The average Bonchev–Trinajstić information content (AvgIpc) is 3.43. The summed E-state index contributed by atoms with van der Waals surface area (Å²) in [5.74, 6) is 2.29. The van der Waals surface area contributed by atoms with Gasteiger partial charge in [-0.2, -0.15) is 5.10 Å². The lowest BCUT2D eigenvalue weighted by Gasteiger charge is -2.10. The second-order valence-corrected chi connectivity index (χ2v) is 8.38. The predicted molar refractivity (Wildman–Crippen MR) is 125 cm³/mol. The quantitative estimate of drug-likeness (QED) is 0.493. The summed E-state index contributed by atoms with van der Waals surface area (Å²) >= 11 is 0. The zero-order valence-corrected chi connectivity index (χ0v) is 18.7. The molecule has 0 radical (unpaired) electrons. The molecule has 3 heterocycles. The lowest BCUT2D eigenvalue weighted by molar-refractivity contribution is -0.120. The number of nitrogens with zero attached hydrogens (tertiary/aromatic N) is 5. The van der Waals surface area contributed by atoms with Crippen LogP contribution in [0.2, 0.25) is 0 Å². The van der Waals surface area contributed by atoms with E-state index >= 15 is 0 Å². The molecule has 0 spiro atoms. The first-order chi connectivity index (χ1) is 16.1. The van der Waals surface area contributed by atoms with Gasteiger partial charge >= 0.3 is 0 Å². The van der Waals surface area contributed by atoms with Crippen molar-refractivity contribution in [3.05, 3.63) is 72.2 Å². The van der Waals surface area contributed by atoms with Gasteiger partial charge in [-0.15, -0.1) is 0 Å². The molecule has 0 fully saturated rings. The summed E-state index contributed by atoms with van der Waals surface area (Å²) in [4.78, 5) is 21.9. The van der Waals surface area contributed by atoms with Crippen molar-refractivity contribution in [3.63, 3.8) is 0 Å². The van der Waals surface area contributed by atoms with Crippen LogP contribution in [-0.4, -0.2) is 36.8 Å². The van der Waals surface area contributed by atoms with Crippen LogP contribution in [0.5, 0.6) is 5.75 Å². The fraction of sp³-hybridized carbons (Fsp3) is 0.280. The first-order valence-corrected chi connectivity index (χ1v) is 11.1. The summed E-state index contributed by atoms with van der Waals surface area (Å²) in [6.07, 6.45) is 3.84. The maximum absolute atomic E-state index is 12.5. The highest BCUT2D eigenvalue weighted by Gasteiger charge is 2.22. The number of carbonyl (C=O) groups excluding carboxylic acids is 1. The molecule has 4 aromatic rings. The highest BCUT2D eigenvalue weighted by molar-refractivity contribution is 5.79. The molecular formula is C25H26N6O2. The number of nitrogens with one attached hydrogen (secondary N) is 1. The van der Waals surface area contributed by atoms with Crippen molar-refractivity contribution in [3.8, 4) is 28.7 Å². The topological polar surface area (TPSA) is 86.9 Å². The second-order valence-electron chi connectivity index (χ2n) is 8.38. The minimum Gasteiger partial charge on any atom is -0.491 e. The number of amides is 1. The molecule has 8 heteroatoms. The van der Waals surface area contributed by atoms with Gasteiger partial charge in [-0.1, -0.05) is 36.4 Å². The highest BCUT2D eigenvalue weighted by Crippen LogP contribution is 2.34. The van der Waals surface area contributed by atoms with E-state index in [2.05, 4.69) is 33.8 Å². The van der Waals surface area contributed by atoms with Crippen LogP contribution < -0.4 is 10.1 Å². The normalized spacial score (nSPS) is 12.6. The summed E-state index contributed by atoms with van der Waals surface area (Å²) in [6.45, 7) is 5.87. The summed E-state index contributed by atoms with van der Waals surface area (Å²) in [5.41, 5.74) is 3.63. The number of fused-ring (bicyclic) bond motifs is 3. The highest BCUT2D eigenvalue weighted by atomic mass is 16.5. The molecule has 0 saturated heterocycles. The number of hydrogen-bond acceptors (Lipinski definition) is 5. The van der Waals surface area contributed by atoms with E-state index in [1.54, 1.807) is 6.33 Å². The number of ether oxygens (including phenoxy) is 1. The van der Waals surface area contributed by atoms with Crippen molar-refractivity contribution in [2.75, 3.05) is 6.61 Å². The van der Waals surface area contributed by atoms with Crippen molar-refractivity contribution >= 4 is 5.91 Å². The standard InChI is InChI=1S/C25H26N6O2/c1-17(2)31-25(27-16-28-31)21-15-30-10-11-33-22-9-8-19(12-20(22)24(30)29-21)13-23(32)26-14-18-6-4-3-5-7-18/h3-9,12,15-17H,10-11,13-14H2,1-2H3,(H,26,32). The Morgan fingerprint density at radius 2 is 1.97 bits per heavy atom. The van der Waals surface area contributed by atoms with Crippen LogP contribution in [0.4, 0.5) is 0 Å².